The van der Waals surface area contributed by atoms with Crippen LogP contribution in [-0.2, 0) is 10.8 Å². The minimum Gasteiger partial charge on any atom is -0.491 e. The van der Waals surface area contributed by atoms with E-state index in [-0.39, 0.29) is 5.91 Å². The summed E-state index contributed by atoms with van der Waals surface area (Å²) in [5, 5.41) is 11.4. The Labute approximate surface area is 290 Å². The number of nitrogens with one attached hydrogen (secondary N) is 2. The molecule has 0 saturated carbocycles. The zero-order chi connectivity index (χ0) is 34.9. The maximum atomic E-state index is 13.8. The highest BCUT2D eigenvalue weighted by molar-refractivity contribution is 7.86. The molecule has 2 fully saturated rings. The number of rotatable bonds is 9. The number of aromatic nitrogens is 6. The third kappa shape index (κ3) is 7.68. The van der Waals surface area contributed by atoms with Crippen molar-refractivity contribution in [3.8, 4) is 5.75 Å². The monoisotopic (exact) mass is 689 g/mol. The molecule has 2 aliphatic rings. The third-order valence-corrected chi connectivity index (χ3v) is 11.2. The van der Waals surface area contributed by atoms with E-state index in [0.717, 1.165) is 49.4 Å². The van der Waals surface area contributed by atoms with Crippen LogP contribution in [0.1, 0.15) is 49.3 Å². The Bertz CT molecular complexity index is 1820. The van der Waals surface area contributed by atoms with Crippen LogP contribution in [-0.4, -0.2) is 132 Å². The van der Waals surface area contributed by atoms with Gasteiger partial charge in [0.25, 0.3) is 5.91 Å². The molecule has 2 saturated heterocycles. The number of ether oxygens (including phenoxy) is 1. The molecule has 14 nitrogen and oxygen atoms in total. The molecule has 6 rings (SSSR count). The summed E-state index contributed by atoms with van der Waals surface area (Å²) in [5.41, 5.74) is 3.18. The van der Waals surface area contributed by atoms with Gasteiger partial charge < -0.3 is 24.8 Å². The fourth-order valence-electron chi connectivity index (χ4n) is 5.94. The Morgan fingerprint density at radius 1 is 1.02 bits per heavy atom. The number of hydrogen-bond acceptors (Lipinski definition) is 12. The van der Waals surface area contributed by atoms with E-state index >= 15 is 0 Å². The molecule has 2 atom stereocenters. The molecule has 262 valence electrons. The average molecular weight is 690 g/mol. The second-order valence-electron chi connectivity index (χ2n) is 13.9. The van der Waals surface area contributed by atoms with Gasteiger partial charge in [0.15, 0.2) is 5.82 Å². The van der Waals surface area contributed by atoms with Crippen LogP contribution in [0, 0.1) is 13.8 Å². The van der Waals surface area contributed by atoms with Gasteiger partial charge in [-0.2, -0.15) is 5.10 Å². The van der Waals surface area contributed by atoms with E-state index in [1.54, 1.807) is 12.4 Å². The van der Waals surface area contributed by atoms with Crippen molar-refractivity contribution < 1.29 is 13.7 Å². The number of aryl methyl sites for hydroxylation is 1. The third-order valence-electron chi connectivity index (χ3n) is 9.40. The lowest BCUT2D eigenvalue weighted by Crippen LogP contribution is -2.52. The smallest absolute Gasteiger partial charge is 0.257 e. The van der Waals surface area contributed by atoms with Crippen LogP contribution in [0.3, 0.4) is 0 Å². The number of H-pyrrole nitrogens is 1. The number of nitrogens with zero attached hydrogens (tertiary/aromatic N) is 9. The van der Waals surface area contributed by atoms with Crippen molar-refractivity contribution in [3.63, 3.8) is 0 Å². The van der Waals surface area contributed by atoms with Gasteiger partial charge >= 0.3 is 0 Å². The molecule has 1 unspecified atom stereocenters. The normalized spacial score (nSPS) is 18.6. The van der Waals surface area contributed by atoms with Crippen molar-refractivity contribution in [3.05, 3.63) is 47.7 Å². The van der Waals surface area contributed by atoms with Crippen molar-refractivity contribution in [1.82, 2.24) is 44.8 Å². The maximum absolute atomic E-state index is 13.8. The molecule has 2 aliphatic heterocycles. The topological polar surface area (TPSA) is 149 Å². The van der Waals surface area contributed by atoms with E-state index in [0.29, 0.717) is 71.6 Å². The summed E-state index contributed by atoms with van der Waals surface area (Å²) in [6.07, 6.45) is 4.81. The van der Waals surface area contributed by atoms with Crippen molar-refractivity contribution >= 4 is 45.2 Å². The highest BCUT2D eigenvalue weighted by atomic mass is 32.2. The summed E-state index contributed by atoms with van der Waals surface area (Å²) < 4.78 is 19.6. The van der Waals surface area contributed by atoms with E-state index in [1.807, 2.05) is 51.7 Å². The number of hydrogen-bond donors (Lipinski definition) is 2. The number of carbonyl (C=O) groups is 1. The number of piperazine rings is 2. The van der Waals surface area contributed by atoms with Crippen LogP contribution in [0.15, 0.2) is 35.7 Å². The second kappa shape index (κ2) is 14.3. The summed E-state index contributed by atoms with van der Waals surface area (Å²) in [7, 11) is 0.730. The van der Waals surface area contributed by atoms with Crippen molar-refractivity contribution in [2.24, 2.45) is 0 Å². The zero-order valence-corrected chi connectivity index (χ0v) is 30.3. The molecule has 5 heterocycles. The number of anilines is 3. The van der Waals surface area contributed by atoms with Crippen molar-refractivity contribution in [1.29, 1.82) is 0 Å². The first-order valence-corrected chi connectivity index (χ1v) is 17.9. The molecule has 1 amide bonds. The first kappa shape index (κ1) is 34.6. The first-order chi connectivity index (χ1) is 23.4. The van der Waals surface area contributed by atoms with Gasteiger partial charge in [0.2, 0.25) is 5.95 Å². The van der Waals surface area contributed by atoms with Gasteiger partial charge in [-0.1, -0.05) is 0 Å². The van der Waals surface area contributed by atoms with E-state index in [4.69, 9.17) is 4.74 Å². The molecular weight excluding hydrogens is 643 g/mol. The largest absolute Gasteiger partial charge is 0.491 e. The standard InChI is InChI=1S/C34H47N11O3S/c1-22-20-45(11-8-42(22)7)32(46)25-18-35-33(36-19-25)44-12-9-43(10-13-44)14-15-48-28-17-27-26(16-29(28)49(47)34(4,5)6)31(38-21-37-27)39-30-23(2)24(3)40-41-30/h16-19,21-22H,8-15,20H2,1-7H3,(H2,37,38,39,40,41)/t22-,49?/m1/s1. The molecule has 0 bridgehead atoms. The van der Waals surface area contributed by atoms with E-state index in [2.05, 4.69) is 64.1 Å². The van der Waals surface area contributed by atoms with Gasteiger partial charge in [-0.3, -0.25) is 19.0 Å². The molecule has 1 aromatic carbocycles. The van der Waals surface area contributed by atoms with Gasteiger partial charge in [0.1, 0.15) is 24.5 Å². The lowest BCUT2D eigenvalue weighted by molar-refractivity contribution is 0.0571. The number of likely N-dealkylation sites (N-methyl/N-ethyl adjacent to an activating group) is 1. The highest BCUT2D eigenvalue weighted by Gasteiger charge is 2.28. The summed E-state index contributed by atoms with van der Waals surface area (Å²) in [5.74, 6) is 2.46. The molecular formula is C34H47N11O3S. The van der Waals surface area contributed by atoms with E-state index in [9.17, 15) is 9.00 Å². The summed E-state index contributed by atoms with van der Waals surface area (Å²) in [4.78, 5) is 40.3. The molecule has 49 heavy (non-hydrogen) atoms. The van der Waals surface area contributed by atoms with Gasteiger partial charge in [-0.05, 0) is 54.7 Å². The molecule has 15 heteroatoms. The Morgan fingerprint density at radius 2 is 1.76 bits per heavy atom. The lowest BCUT2D eigenvalue weighted by Gasteiger charge is -2.37. The van der Waals surface area contributed by atoms with Crippen molar-refractivity contribution in [2.75, 3.05) is 76.2 Å². The SMILES string of the molecule is Cc1[nH]nc(Nc2ncnc3cc(OCCN4CCN(c5ncc(C(=O)N6CCN(C)[C@H](C)C6)cn5)CC4)c(S(=O)C(C)(C)C)cc23)c1C. The van der Waals surface area contributed by atoms with E-state index in [1.165, 1.54) is 6.33 Å². The predicted molar refractivity (Wildman–Crippen MR) is 191 cm³/mol. The molecule has 2 N–H and O–H groups in total. The molecule has 0 radical (unpaired) electrons. The van der Waals surface area contributed by atoms with Gasteiger partial charge in [0, 0.05) is 98.3 Å². The number of benzene rings is 1. The quantitative estimate of drug-likeness (QED) is 0.265. The molecule has 3 aromatic heterocycles. The average Bonchev–Trinajstić information content (AvgIpc) is 3.41. The molecule has 4 aromatic rings. The van der Waals surface area contributed by atoms with Gasteiger partial charge in [-0.15, -0.1) is 0 Å². The van der Waals surface area contributed by atoms with Crippen LogP contribution in [0.25, 0.3) is 10.9 Å². The van der Waals surface area contributed by atoms with Crippen LogP contribution in [0.2, 0.25) is 0 Å². The van der Waals surface area contributed by atoms with Crippen molar-refractivity contribution in [2.45, 2.75) is 57.2 Å². The summed E-state index contributed by atoms with van der Waals surface area (Å²) in [6, 6.07) is 4.07. The number of amides is 1. The van der Waals surface area contributed by atoms with Crippen LogP contribution >= 0.6 is 0 Å². The highest BCUT2D eigenvalue weighted by Crippen LogP contribution is 2.35. The minimum absolute atomic E-state index is 0.0130. The predicted octanol–water partition coefficient (Wildman–Crippen LogP) is 3.39. The Hall–Kier alpha value is -4.21. The fourth-order valence-corrected chi connectivity index (χ4v) is 7.12. The summed E-state index contributed by atoms with van der Waals surface area (Å²) >= 11 is 0. The van der Waals surface area contributed by atoms with Gasteiger partial charge in [-0.25, -0.2) is 19.9 Å². The molecule has 0 spiro atoms. The van der Waals surface area contributed by atoms with E-state index < -0.39 is 15.5 Å². The Balaban J connectivity index is 1.07. The van der Waals surface area contributed by atoms with Crippen LogP contribution in [0.4, 0.5) is 17.6 Å². The second-order valence-corrected chi connectivity index (χ2v) is 16.1. The summed E-state index contributed by atoms with van der Waals surface area (Å²) in [6.45, 7) is 18.5. The molecule has 0 aliphatic carbocycles. The lowest BCUT2D eigenvalue weighted by atomic mass is 10.2. The minimum atomic E-state index is -1.36. The Morgan fingerprint density at radius 3 is 2.41 bits per heavy atom. The number of aromatic amines is 1. The van der Waals surface area contributed by atoms with Crippen LogP contribution < -0.4 is 15.0 Å². The number of carbonyl (C=O) groups excluding carboxylic acids is 1. The maximum Gasteiger partial charge on any atom is 0.257 e. The van der Waals surface area contributed by atoms with Crippen LogP contribution in [0.5, 0.6) is 5.75 Å². The zero-order valence-electron chi connectivity index (χ0n) is 29.5. The number of fused-ring (bicyclic) bond motifs is 1. The first-order valence-electron chi connectivity index (χ1n) is 16.8. The Kier molecular flexibility index (Phi) is 10.1. The van der Waals surface area contributed by atoms with Gasteiger partial charge in [0.05, 0.1) is 26.8 Å². The fraction of sp³-hybridized carbons (Fsp3) is 0.529.